The van der Waals surface area contributed by atoms with E-state index < -0.39 is 0 Å². The molecule has 0 saturated carbocycles. The Hall–Kier alpha value is -2.98. The van der Waals surface area contributed by atoms with E-state index in [4.69, 9.17) is 5.26 Å². The van der Waals surface area contributed by atoms with Gasteiger partial charge in [-0.05, 0) is 24.6 Å². The molecule has 0 unspecified atom stereocenters. The van der Waals surface area contributed by atoms with Crippen LogP contribution in [0.1, 0.15) is 12.5 Å². The third kappa shape index (κ3) is 2.57. The molecule has 4 heterocycles. The number of nitrogens with zero attached hydrogens (tertiary/aromatic N) is 5. The number of hydrogen-bond donors (Lipinski definition) is 2. The van der Waals surface area contributed by atoms with Crippen molar-refractivity contribution >= 4 is 11.5 Å². The first-order chi connectivity index (χ1) is 11.7. The van der Waals surface area contributed by atoms with E-state index in [2.05, 4.69) is 38.6 Å². The average molecular weight is 319 g/mol. The quantitative estimate of drug-likeness (QED) is 0.763. The third-order valence-electron chi connectivity index (χ3n) is 4.39. The summed E-state index contributed by atoms with van der Waals surface area (Å²) in [5, 5.41) is 15.8. The summed E-state index contributed by atoms with van der Waals surface area (Å²) < 4.78 is 1.91. The van der Waals surface area contributed by atoms with E-state index in [1.54, 1.807) is 30.7 Å². The zero-order chi connectivity index (χ0) is 16.5. The lowest BCUT2D eigenvalue weighted by Crippen LogP contribution is -2.27. The standard InChI is InChI=1S/C17H17N7/c1-11-6-19-7-13(11)22-16-10-20-8-14(23-16)15-9-21-17-4-12(5-18)2-3-24(15)17/h2-4,8-11,13,19H,6-7H2,1H3,(H,22,23)/t11-,13+/m1/s1. The molecule has 4 rings (SSSR count). The number of fused-ring (bicyclic) bond motifs is 1. The van der Waals surface area contributed by atoms with Crippen LogP contribution in [0.2, 0.25) is 0 Å². The van der Waals surface area contributed by atoms with Crippen LogP contribution in [0.5, 0.6) is 0 Å². The minimum atomic E-state index is 0.356. The molecule has 1 aliphatic rings. The van der Waals surface area contributed by atoms with Gasteiger partial charge in [0.25, 0.3) is 0 Å². The minimum absolute atomic E-state index is 0.356. The Morgan fingerprint density at radius 1 is 1.33 bits per heavy atom. The summed E-state index contributed by atoms with van der Waals surface area (Å²) in [5.74, 6) is 1.31. The molecule has 1 saturated heterocycles. The van der Waals surface area contributed by atoms with Crippen LogP contribution >= 0.6 is 0 Å². The lowest BCUT2D eigenvalue weighted by molar-refractivity contribution is 0.593. The van der Waals surface area contributed by atoms with Gasteiger partial charge in [-0.15, -0.1) is 0 Å². The van der Waals surface area contributed by atoms with E-state index in [0.29, 0.717) is 17.5 Å². The van der Waals surface area contributed by atoms with Gasteiger partial charge in [0.15, 0.2) is 0 Å². The molecule has 0 amide bonds. The van der Waals surface area contributed by atoms with Crippen LogP contribution < -0.4 is 10.6 Å². The van der Waals surface area contributed by atoms with Gasteiger partial charge in [0.1, 0.15) is 17.2 Å². The molecule has 120 valence electrons. The number of nitrogens with one attached hydrogen (secondary N) is 2. The number of aromatic nitrogens is 4. The lowest BCUT2D eigenvalue weighted by Gasteiger charge is -2.16. The summed E-state index contributed by atoms with van der Waals surface area (Å²) in [6.07, 6.45) is 7.06. The number of hydrogen-bond acceptors (Lipinski definition) is 6. The predicted molar refractivity (Wildman–Crippen MR) is 90.4 cm³/mol. The van der Waals surface area contributed by atoms with Crippen molar-refractivity contribution in [3.63, 3.8) is 0 Å². The van der Waals surface area contributed by atoms with Crippen molar-refractivity contribution in [2.75, 3.05) is 18.4 Å². The Morgan fingerprint density at radius 2 is 2.25 bits per heavy atom. The number of rotatable bonds is 3. The maximum Gasteiger partial charge on any atom is 0.145 e. The van der Waals surface area contributed by atoms with Gasteiger partial charge in [-0.2, -0.15) is 5.26 Å². The van der Waals surface area contributed by atoms with Gasteiger partial charge in [0, 0.05) is 18.8 Å². The van der Waals surface area contributed by atoms with E-state index in [1.165, 1.54) is 0 Å². The first kappa shape index (κ1) is 14.6. The Bertz CT molecular complexity index is 924. The minimum Gasteiger partial charge on any atom is -0.364 e. The highest BCUT2D eigenvalue weighted by Crippen LogP contribution is 2.21. The zero-order valence-corrected chi connectivity index (χ0v) is 13.3. The van der Waals surface area contributed by atoms with Gasteiger partial charge in [-0.3, -0.25) is 9.38 Å². The monoisotopic (exact) mass is 319 g/mol. The average Bonchev–Trinajstić information content (AvgIpc) is 3.21. The van der Waals surface area contributed by atoms with Crippen LogP contribution in [0.15, 0.2) is 36.9 Å². The molecule has 1 fully saturated rings. The molecular formula is C17H17N7. The predicted octanol–water partition coefficient (Wildman–Crippen LogP) is 1.68. The molecule has 7 nitrogen and oxygen atoms in total. The lowest BCUT2D eigenvalue weighted by atomic mass is 10.1. The largest absolute Gasteiger partial charge is 0.364 e. The molecule has 2 atom stereocenters. The highest BCUT2D eigenvalue weighted by atomic mass is 15.1. The van der Waals surface area contributed by atoms with E-state index in [9.17, 15) is 0 Å². The second-order valence-corrected chi connectivity index (χ2v) is 6.07. The van der Waals surface area contributed by atoms with Gasteiger partial charge in [0.2, 0.25) is 0 Å². The van der Waals surface area contributed by atoms with E-state index in [1.807, 2.05) is 10.6 Å². The second-order valence-electron chi connectivity index (χ2n) is 6.07. The maximum absolute atomic E-state index is 8.99. The van der Waals surface area contributed by atoms with Crippen LogP contribution in [0.4, 0.5) is 5.82 Å². The van der Waals surface area contributed by atoms with Crippen LogP contribution in [-0.2, 0) is 0 Å². The Morgan fingerprint density at radius 3 is 3.04 bits per heavy atom. The molecule has 3 aromatic rings. The molecule has 0 bridgehead atoms. The van der Waals surface area contributed by atoms with Crippen molar-refractivity contribution in [1.29, 1.82) is 5.26 Å². The summed E-state index contributed by atoms with van der Waals surface area (Å²) in [5.41, 5.74) is 2.90. The second kappa shape index (κ2) is 5.91. The van der Waals surface area contributed by atoms with Crippen LogP contribution in [0, 0.1) is 17.2 Å². The molecule has 0 aliphatic carbocycles. The van der Waals surface area contributed by atoms with Crippen molar-refractivity contribution in [2.24, 2.45) is 5.92 Å². The number of pyridine rings is 1. The number of nitriles is 1. The van der Waals surface area contributed by atoms with Crippen molar-refractivity contribution in [1.82, 2.24) is 24.7 Å². The summed E-state index contributed by atoms with van der Waals surface area (Å²) in [6, 6.07) is 6.00. The smallest absolute Gasteiger partial charge is 0.145 e. The van der Waals surface area contributed by atoms with Gasteiger partial charge in [-0.25, -0.2) is 9.97 Å². The normalized spacial score (nSPS) is 20.2. The van der Waals surface area contributed by atoms with Crippen LogP contribution in [0.3, 0.4) is 0 Å². The first-order valence-corrected chi connectivity index (χ1v) is 7.91. The van der Waals surface area contributed by atoms with Crippen molar-refractivity contribution in [3.05, 3.63) is 42.5 Å². The zero-order valence-electron chi connectivity index (χ0n) is 13.3. The molecular weight excluding hydrogens is 302 g/mol. The van der Waals surface area contributed by atoms with Crippen molar-refractivity contribution in [2.45, 2.75) is 13.0 Å². The Balaban J connectivity index is 1.67. The molecule has 7 heteroatoms. The van der Waals surface area contributed by atoms with E-state index in [0.717, 1.165) is 35.9 Å². The van der Waals surface area contributed by atoms with Crippen molar-refractivity contribution in [3.8, 4) is 17.5 Å². The van der Waals surface area contributed by atoms with Crippen molar-refractivity contribution < 1.29 is 0 Å². The SMILES string of the molecule is C[C@@H]1CNC[C@@H]1Nc1cncc(-c2cnc3cc(C#N)ccn23)n1. The molecule has 0 spiro atoms. The fourth-order valence-corrected chi connectivity index (χ4v) is 2.99. The fourth-order valence-electron chi connectivity index (χ4n) is 2.99. The third-order valence-corrected chi connectivity index (χ3v) is 4.39. The molecule has 2 N–H and O–H groups in total. The van der Waals surface area contributed by atoms with Gasteiger partial charge in [0.05, 0.1) is 35.9 Å². The summed E-state index contributed by atoms with van der Waals surface area (Å²) in [7, 11) is 0. The van der Waals surface area contributed by atoms with Gasteiger partial charge in [-0.1, -0.05) is 6.92 Å². The van der Waals surface area contributed by atoms with Gasteiger partial charge < -0.3 is 10.6 Å². The highest BCUT2D eigenvalue weighted by Gasteiger charge is 2.23. The number of imidazole rings is 1. The first-order valence-electron chi connectivity index (χ1n) is 7.91. The van der Waals surface area contributed by atoms with Crippen LogP contribution in [0.25, 0.3) is 17.0 Å². The fraction of sp³-hybridized carbons (Fsp3) is 0.294. The maximum atomic E-state index is 8.99. The topological polar surface area (TPSA) is 90.9 Å². The number of anilines is 1. The Labute approximate surface area is 139 Å². The Kier molecular flexibility index (Phi) is 3.59. The summed E-state index contributed by atoms with van der Waals surface area (Å²) in [4.78, 5) is 13.4. The molecule has 24 heavy (non-hydrogen) atoms. The summed E-state index contributed by atoms with van der Waals surface area (Å²) >= 11 is 0. The van der Waals surface area contributed by atoms with Crippen LogP contribution in [-0.4, -0.2) is 38.5 Å². The van der Waals surface area contributed by atoms with E-state index in [-0.39, 0.29) is 0 Å². The summed E-state index contributed by atoms with van der Waals surface area (Å²) in [6.45, 7) is 4.16. The molecule has 3 aromatic heterocycles. The molecule has 0 aromatic carbocycles. The van der Waals surface area contributed by atoms with E-state index >= 15 is 0 Å². The molecule has 0 radical (unpaired) electrons. The van der Waals surface area contributed by atoms with Gasteiger partial charge >= 0.3 is 0 Å². The highest BCUT2D eigenvalue weighted by molar-refractivity contribution is 5.62. The molecule has 1 aliphatic heterocycles.